The molecule has 0 bridgehead atoms. The molecule has 0 heterocycles. The molecule has 0 N–H and O–H groups in total. The zero-order valence-electron chi connectivity index (χ0n) is 13.3. The van der Waals surface area contributed by atoms with Crippen molar-refractivity contribution in [3.8, 4) is 5.75 Å². The molecular formula is C18H16Cl2O4. The minimum absolute atomic E-state index is 0.268. The number of carbonyl (C=O) groups excluding carboxylic acids is 2. The summed E-state index contributed by atoms with van der Waals surface area (Å²) in [6.07, 6.45) is 0. The predicted octanol–water partition coefficient (Wildman–Crippen LogP) is 4.42. The molecule has 2 aromatic carbocycles. The average Bonchev–Trinajstić information content (AvgIpc) is 2.54. The number of esters is 1. The maximum atomic E-state index is 12.0. The zero-order chi connectivity index (χ0) is 17.7. The quantitative estimate of drug-likeness (QED) is 0.560. The summed E-state index contributed by atoms with van der Waals surface area (Å²) >= 11 is 11.7. The second kappa shape index (κ2) is 8.18. The van der Waals surface area contributed by atoms with E-state index in [1.165, 1.54) is 6.07 Å². The Kier molecular flexibility index (Phi) is 6.23. The summed E-state index contributed by atoms with van der Waals surface area (Å²) in [7, 11) is 0. The van der Waals surface area contributed by atoms with Crippen LogP contribution in [0.1, 0.15) is 21.5 Å². The van der Waals surface area contributed by atoms with Gasteiger partial charge in [-0.25, -0.2) is 4.79 Å². The van der Waals surface area contributed by atoms with E-state index in [9.17, 15) is 9.59 Å². The van der Waals surface area contributed by atoms with Crippen LogP contribution < -0.4 is 4.74 Å². The first-order valence-corrected chi connectivity index (χ1v) is 7.96. The van der Waals surface area contributed by atoms with Crippen molar-refractivity contribution in [1.82, 2.24) is 0 Å². The maximum absolute atomic E-state index is 12.0. The van der Waals surface area contributed by atoms with Gasteiger partial charge in [-0.1, -0.05) is 35.3 Å². The number of Topliss-reactive ketones (excluding diaryl/α,β-unsaturated/α-hetero) is 1. The topological polar surface area (TPSA) is 52.6 Å². The lowest BCUT2D eigenvalue weighted by molar-refractivity contribution is -0.144. The molecule has 0 atom stereocenters. The number of aryl methyl sites for hydroxylation is 2. The molecule has 0 aromatic heterocycles. The molecule has 24 heavy (non-hydrogen) atoms. The summed E-state index contributed by atoms with van der Waals surface area (Å²) in [6.45, 7) is 3.20. The Morgan fingerprint density at radius 1 is 0.958 bits per heavy atom. The molecule has 0 aliphatic rings. The molecule has 2 rings (SSSR count). The molecule has 0 spiro atoms. The highest BCUT2D eigenvalue weighted by atomic mass is 35.5. The number of halogens is 2. The highest BCUT2D eigenvalue weighted by molar-refractivity contribution is 6.35. The molecule has 0 saturated carbocycles. The van der Waals surface area contributed by atoms with E-state index in [2.05, 4.69) is 0 Å². The smallest absolute Gasteiger partial charge is 0.344 e. The molecule has 0 aliphatic heterocycles. The lowest BCUT2D eigenvalue weighted by Crippen LogP contribution is -2.19. The number of rotatable bonds is 6. The van der Waals surface area contributed by atoms with Crippen LogP contribution in [0, 0.1) is 13.8 Å². The number of hydrogen-bond acceptors (Lipinski definition) is 4. The summed E-state index contributed by atoms with van der Waals surface area (Å²) in [4.78, 5) is 23.7. The largest absolute Gasteiger partial charge is 0.480 e. The van der Waals surface area contributed by atoms with E-state index in [0.717, 1.165) is 11.1 Å². The summed E-state index contributed by atoms with van der Waals surface area (Å²) in [5.74, 6) is -0.604. The molecule has 0 aliphatic carbocycles. The molecule has 6 heteroatoms. The third kappa shape index (κ3) is 4.98. The van der Waals surface area contributed by atoms with E-state index in [1.54, 1.807) is 24.3 Å². The van der Waals surface area contributed by atoms with Crippen molar-refractivity contribution in [2.45, 2.75) is 13.8 Å². The van der Waals surface area contributed by atoms with Crippen molar-refractivity contribution < 1.29 is 19.1 Å². The lowest BCUT2D eigenvalue weighted by atomic mass is 10.0. The monoisotopic (exact) mass is 366 g/mol. The van der Waals surface area contributed by atoms with Crippen LogP contribution in [-0.4, -0.2) is 25.0 Å². The SMILES string of the molecule is Cc1ccc(C(=O)COC(=O)COc2ccc(Cl)cc2Cl)cc1C. The second-order valence-corrected chi connectivity index (χ2v) is 6.09. The van der Waals surface area contributed by atoms with Crippen molar-refractivity contribution in [2.24, 2.45) is 0 Å². The number of ketones is 1. The Labute approximate surface area is 150 Å². The fourth-order valence-corrected chi connectivity index (χ4v) is 2.38. The van der Waals surface area contributed by atoms with Crippen LogP contribution in [0.2, 0.25) is 10.0 Å². The number of benzene rings is 2. The van der Waals surface area contributed by atoms with E-state index in [0.29, 0.717) is 21.4 Å². The molecule has 126 valence electrons. The van der Waals surface area contributed by atoms with Crippen molar-refractivity contribution in [1.29, 1.82) is 0 Å². The van der Waals surface area contributed by atoms with Gasteiger partial charge in [0.25, 0.3) is 0 Å². The first-order valence-electron chi connectivity index (χ1n) is 7.20. The Bertz CT molecular complexity index is 772. The summed E-state index contributed by atoms with van der Waals surface area (Å²) < 4.78 is 10.2. The average molecular weight is 367 g/mol. The van der Waals surface area contributed by atoms with Gasteiger partial charge in [0.15, 0.2) is 19.0 Å². The van der Waals surface area contributed by atoms with Crippen LogP contribution in [0.5, 0.6) is 5.75 Å². The molecular weight excluding hydrogens is 351 g/mol. The van der Waals surface area contributed by atoms with Gasteiger partial charge >= 0.3 is 5.97 Å². The highest BCUT2D eigenvalue weighted by Gasteiger charge is 2.12. The van der Waals surface area contributed by atoms with Gasteiger partial charge in [0.2, 0.25) is 0 Å². The van der Waals surface area contributed by atoms with E-state index in [1.807, 2.05) is 19.9 Å². The third-order valence-electron chi connectivity index (χ3n) is 3.43. The normalized spacial score (nSPS) is 10.3. The molecule has 4 nitrogen and oxygen atoms in total. The van der Waals surface area contributed by atoms with Crippen LogP contribution in [0.25, 0.3) is 0 Å². The van der Waals surface area contributed by atoms with Gasteiger partial charge in [-0.3, -0.25) is 4.79 Å². The van der Waals surface area contributed by atoms with Crippen molar-refractivity contribution in [2.75, 3.05) is 13.2 Å². The number of ether oxygens (including phenoxy) is 2. The van der Waals surface area contributed by atoms with Gasteiger partial charge in [-0.15, -0.1) is 0 Å². The standard InChI is InChI=1S/C18H16Cl2O4/c1-11-3-4-13(7-12(11)2)16(21)9-24-18(22)10-23-17-6-5-14(19)8-15(17)20/h3-8H,9-10H2,1-2H3. The van der Waals surface area contributed by atoms with E-state index < -0.39 is 5.97 Å². The van der Waals surface area contributed by atoms with E-state index in [-0.39, 0.29) is 19.0 Å². The third-order valence-corrected chi connectivity index (χ3v) is 3.96. The molecule has 2 aromatic rings. The van der Waals surface area contributed by atoms with Crippen LogP contribution >= 0.6 is 23.2 Å². The van der Waals surface area contributed by atoms with E-state index >= 15 is 0 Å². The number of hydrogen-bond donors (Lipinski definition) is 0. The van der Waals surface area contributed by atoms with Gasteiger partial charge in [0, 0.05) is 10.6 Å². The minimum Gasteiger partial charge on any atom is -0.480 e. The predicted molar refractivity (Wildman–Crippen MR) is 93.2 cm³/mol. The minimum atomic E-state index is -0.654. The Hall–Kier alpha value is -2.04. The van der Waals surface area contributed by atoms with Crippen LogP contribution in [0.15, 0.2) is 36.4 Å². The number of carbonyl (C=O) groups is 2. The lowest BCUT2D eigenvalue weighted by Gasteiger charge is -2.09. The van der Waals surface area contributed by atoms with Crippen LogP contribution in [-0.2, 0) is 9.53 Å². The summed E-state index contributed by atoms with van der Waals surface area (Å²) in [5.41, 5.74) is 2.61. The first-order chi connectivity index (χ1) is 11.4. The van der Waals surface area contributed by atoms with Gasteiger partial charge < -0.3 is 9.47 Å². The Morgan fingerprint density at radius 2 is 1.71 bits per heavy atom. The molecule has 0 unspecified atom stereocenters. The van der Waals surface area contributed by atoms with Gasteiger partial charge in [-0.2, -0.15) is 0 Å². The van der Waals surface area contributed by atoms with Crippen molar-refractivity contribution in [3.05, 3.63) is 63.1 Å². The Balaban J connectivity index is 1.84. The fraction of sp³-hybridized carbons (Fsp3) is 0.222. The second-order valence-electron chi connectivity index (χ2n) is 5.25. The van der Waals surface area contributed by atoms with Crippen molar-refractivity contribution >= 4 is 35.0 Å². The van der Waals surface area contributed by atoms with Crippen molar-refractivity contribution in [3.63, 3.8) is 0 Å². The van der Waals surface area contributed by atoms with Gasteiger partial charge in [0.05, 0.1) is 5.02 Å². The zero-order valence-corrected chi connectivity index (χ0v) is 14.8. The molecule has 0 amide bonds. The van der Waals surface area contributed by atoms with Gasteiger partial charge in [0.1, 0.15) is 5.75 Å². The fourth-order valence-electron chi connectivity index (χ4n) is 1.91. The maximum Gasteiger partial charge on any atom is 0.344 e. The highest BCUT2D eigenvalue weighted by Crippen LogP contribution is 2.27. The van der Waals surface area contributed by atoms with Gasteiger partial charge in [-0.05, 0) is 49.2 Å². The summed E-state index contributed by atoms with van der Waals surface area (Å²) in [5, 5.41) is 0.760. The first kappa shape index (κ1) is 18.3. The molecule has 0 saturated heterocycles. The van der Waals surface area contributed by atoms with E-state index in [4.69, 9.17) is 32.7 Å². The van der Waals surface area contributed by atoms with Crippen LogP contribution in [0.3, 0.4) is 0 Å². The molecule has 0 radical (unpaired) electrons. The van der Waals surface area contributed by atoms with Crippen LogP contribution in [0.4, 0.5) is 0 Å². The Morgan fingerprint density at radius 3 is 2.38 bits per heavy atom. The molecule has 0 fully saturated rings. The summed E-state index contributed by atoms with van der Waals surface area (Å²) in [6, 6.07) is 10.00.